The third-order valence-corrected chi connectivity index (χ3v) is 4.20. The van der Waals surface area contributed by atoms with Gasteiger partial charge in [0, 0.05) is 44.6 Å². The highest BCUT2D eigenvalue weighted by atomic mass is 15.3. The van der Waals surface area contributed by atoms with Gasteiger partial charge in [-0.2, -0.15) is 0 Å². The van der Waals surface area contributed by atoms with Crippen LogP contribution in [0, 0.1) is 6.92 Å². The van der Waals surface area contributed by atoms with E-state index < -0.39 is 0 Å². The smallest absolute Gasteiger partial charge is 0.225 e. The molecule has 0 spiro atoms. The molecule has 0 saturated carbocycles. The average Bonchev–Trinajstić information content (AvgIpc) is 2.71. The van der Waals surface area contributed by atoms with Crippen LogP contribution in [0.25, 0.3) is 0 Å². The van der Waals surface area contributed by atoms with Crippen molar-refractivity contribution in [1.82, 2.24) is 14.9 Å². The van der Waals surface area contributed by atoms with E-state index in [4.69, 9.17) is 0 Å². The first-order chi connectivity index (χ1) is 10.7. The molecule has 1 unspecified atom stereocenters. The lowest BCUT2D eigenvalue weighted by molar-refractivity contribution is 0.268. The standard InChI is InChI=1S/C18H24N4/c1-15-11-19-18(20-12-15)22-10-6-9-21(13-16(22)2)14-17-7-4-3-5-8-17/h3-5,7-8,11-12,16H,6,9-10,13-14H2,1-2H3. The number of hydrogen-bond donors (Lipinski definition) is 0. The van der Waals surface area contributed by atoms with Gasteiger partial charge in [-0.3, -0.25) is 4.90 Å². The van der Waals surface area contributed by atoms with Crippen LogP contribution in [-0.2, 0) is 6.54 Å². The van der Waals surface area contributed by atoms with E-state index in [1.807, 2.05) is 19.3 Å². The van der Waals surface area contributed by atoms with Crippen LogP contribution in [0.4, 0.5) is 5.95 Å². The summed E-state index contributed by atoms with van der Waals surface area (Å²) in [4.78, 5) is 13.9. The van der Waals surface area contributed by atoms with Gasteiger partial charge in [-0.15, -0.1) is 0 Å². The van der Waals surface area contributed by atoms with Crippen molar-refractivity contribution in [3.05, 3.63) is 53.9 Å². The average molecular weight is 296 g/mol. The van der Waals surface area contributed by atoms with Gasteiger partial charge in [0.25, 0.3) is 0 Å². The molecule has 4 heteroatoms. The number of hydrogen-bond acceptors (Lipinski definition) is 4. The molecule has 0 amide bonds. The van der Waals surface area contributed by atoms with Gasteiger partial charge < -0.3 is 4.90 Å². The van der Waals surface area contributed by atoms with Gasteiger partial charge in [0.1, 0.15) is 0 Å². The SMILES string of the molecule is Cc1cnc(N2CCCN(Cc3ccccc3)CC2C)nc1. The minimum atomic E-state index is 0.425. The summed E-state index contributed by atoms with van der Waals surface area (Å²) in [6.45, 7) is 8.51. The van der Waals surface area contributed by atoms with Crippen molar-refractivity contribution in [3.8, 4) is 0 Å². The molecule has 3 rings (SSSR count). The summed E-state index contributed by atoms with van der Waals surface area (Å²) in [5.41, 5.74) is 2.49. The van der Waals surface area contributed by atoms with E-state index in [1.54, 1.807) is 0 Å². The Bertz CT molecular complexity index is 582. The maximum absolute atomic E-state index is 4.50. The van der Waals surface area contributed by atoms with Crippen LogP contribution in [-0.4, -0.2) is 40.5 Å². The van der Waals surface area contributed by atoms with Crippen LogP contribution >= 0.6 is 0 Å². The fraction of sp³-hybridized carbons (Fsp3) is 0.444. The fourth-order valence-corrected chi connectivity index (χ4v) is 3.06. The predicted molar refractivity (Wildman–Crippen MR) is 89.9 cm³/mol. The second-order valence-electron chi connectivity index (χ2n) is 6.18. The number of anilines is 1. The van der Waals surface area contributed by atoms with Crippen molar-refractivity contribution in [1.29, 1.82) is 0 Å². The second-order valence-corrected chi connectivity index (χ2v) is 6.18. The summed E-state index contributed by atoms with van der Waals surface area (Å²) in [5.74, 6) is 0.861. The molecule has 0 N–H and O–H groups in total. The Morgan fingerprint density at radius 1 is 1.09 bits per heavy atom. The van der Waals surface area contributed by atoms with Crippen LogP contribution in [0.2, 0.25) is 0 Å². The van der Waals surface area contributed by atoms with Crippen molar-refractivity contribution in [2.24, 2.45) is 0 Å². The zero-order valence-corrected chi connectivity index (χ0v) is 13.4. The van der Waals surface area contributed by atoms with Gasteiger partial charge in [0.2, 0.25) is 5.95 Å². The van der Waals surface area contributed by atoms with E-state index in [0.29, 0.717) is 6.04 Å². The Kier molecular flexibility index (Phi) is 4.68. The lowest BCUT2D eigenvalue weighted by atomic mass is 10.2. The summed E-state index contributed by atoms with van der Waals surface area (Å²) in [6, 6.07) is 11.1. The summed E-state index contributed by atoms with van der Waals surface area (Å²) < 4.78 is 0. The molecule has 0 aliphatic carbocycles. The highest BCUT2D eigenvalue weighted by Crippen LogP contribution is 2.17. The maximum Gasteiger partial charge on any atom is 0.225 e. The third kappa shape index (κ3) is 3.63. The van der Waals surface area contributed by atoms with Crippen molar-refractivity contribution >= 4 is 5.95 Å². The zero-order valence-electron chi connectivity index (χ0n) is 13.4. The predicted octanol–water partition coefficient (Wildman–Crippen LogP) is 2.89. The van der Waals surface area contributed by atoms with E-state index in [1.165, 1.54) is 5.56 Å². The molecule has 1 atom stereocenters. The molecule has 116 valence electrons. The molecule has 1 aliphatic rings. The van der Waals surface area contributed by atoms with E-state index in [9.17, 15) is 0 Å². The molecule has 0 bridgehead atoms. The summed E-state index contributed by atoms with van der Waals surface area (Å²) in [5, 5.41) is 0. The highest BCUT2D eigenvalue weighted by Gasteiger charge is 2.23. The summed E-state index contributed by atoms with van der Waals surface area (Å²) >= 11 is 0. The van der Waals surface area contributed by atoms with Gasteiger partial charge in [0.05, 0.1) is 0 Å². The molecule has 1 fully saturated rings. The molecule has 0 radical (unpaired) electrons. The third-order valence-electron chi connectivity index (χ3n) is 4.20. The van der Waals surface area contributed by atoms with Crippen LogP contribution in [0.1, 0.15) is 24.5 Å². The number of nitrogens with zero attached hydrogens (tertiary/aromatic N) is 4. The summed E-state index contributed by atoms with van der Waals surface area (Å²) in [6.07, 6.45) is 4.96. The molecule has 2 heterocycles. The molecule has 1 aromatic carbocycles. The first-order valence-corrected chi connectivity index (χ1v) is 8.04. The molecule has 4 nitrogen and oxygen atoms in total. The normalized spacial score (nSPS) is 19.9. The van der Waals surface area contributed by atoms with Crippen molar-refractivity contribution in [3.63, 3.8) is 0 Å². The Balaban J connectivity index is 1.67. The highest BCUT2D eigenvalue weighted by molar-refractivity contribution is 5.32. The topological polar surface area (TPSA) is 32.3 Å². The molecule has 1 saturated heterocycles. The molecule has 22 heavy (non-hydrogen) atoms. The second kappa shape index (κ2) is 6.88. The van der Waals surface area contributed by atoms with Crippen molar-refractivity contribution in [2.75, 3.05) is 24.5 Å². The van der Waals surface area contributed by atoms with Crippen LogP contribution in [0.5, 0.6) is 0 Å². The lowest BCUT2D eigenvalue weighted by Crippen LogP contribution is -2.39. The Labute approximate surface area is 132 Å². The van der Waals surface area contributed by atoms with Gasteiger partial charge >= 0.3 is 0 Å². The minimum absolute atomic E-state index is 0.425. The van der Waals surface area contributed by atoms with Crippen LogP contribution in [0.3, 0.4) is 0 Å². The summed E-state index contributed by atoms with van der Waals surface area (Å²) in [7, 11) is 0. The maximum atomic E-state index is 4.50. The zero-order chi connectivity index (χ0) is 15.4. The molecule has 2 aromatic rings. The lowest BCUT2D eigenvalue weighted by Gasteiger charge is -2.29. The first kappa shape index (κ1) is 15.0. The largest absolute Gasteiger partial charge is 0.337 e. The first-order valence-electron chi connectivity index (χ1n) is 8.04. The van der Waals surface area contributed by atoms with Crippen molar-refractivity contribution in [2.45, 2.75) is 32.9 Å². The van der Waals surface area contributed by atoms with Gasteiger partial charge in [-0.25, -0.2) is 9.97 Å². The van der Waals surface area contributed by atoms with E-state index >= 15 is 0 Å². The Morgan fingerprint density at radius 3 is 2.55 bits per heavy atom. The van der Waals surface area contributed by atoms with Gasteiger partial charge in [0.15, 0.2) is 0 Å². The molecule has 1 aliphatic heterocycles. The molecular weight excluding hydrogens is 272 g/mol. The fourth-order valence-electron chi connectivity index (χ4n) is 3.06. The molecule has 1 aromatic heterocycles. The molecular formula is C18H24N4. The Morgan fingerprint density at radius 2 is 1.82 bits per heavy atom. The van der Waals surface area contributed by atoms with Gasteiger partial charge in [-0.1, -0.05) is 30.3 Å². The number of aromatic nitrogens is 2. The number of rotatable bonds is 3. The van der Waals surface area contributed by atoms with E-state index in [0.717, 1.165) is 44.1 Å². The quantitative estimate of drug-likeness (QED) is 0.872. The van der Waals surface area contributed by atoms with E-state index in [2.05, 4.69) is 57.0 Å². The van der Waals surface area contributed by atoms with Gasteiger partial charge in [-0.05, 0) is 31.4 Å². The van der Waals surface area contributed by atoms with Crippen LogP contribution in [0.15, 0.2) is 42.7 Å². The monoisotopic (exact) mass is 296 g/mol. The minimum Gasteiger partial charge on any atom is -0.337 e. The number of aryl methyl sites for hydroxylation is 1. The number of benzene rings is 1. The Hall–Kier alpha value is -1.94. The van der Waals surface area contributed by atoms with Crippen LogP contribution < -0.4 is 4.90 Å². The van der Waals surface area contributed by atoms with Crippen molar-refractivity contribution < 1.29 is 0 Å². The van der Waals surface area contributed by atoms with E-state index in [-0.39, 0.29) is 0 Å².